The normalized spacial score (nSPS) is 10.0. The van der Waals surface area contributed by atoms with Crippen LogP contribution in [0.2, 0.25) is 0 Å². The molecule has 10 heavy (non-hydrogen) atoms. The first-order chi connectivity index (χ1) is 4.97. The third kappa shape index (κ3) is 0.719. The zero-order valence-corrected chi connectivity index (χ0v) is 5.27. The standard InChI is InChI=1S/C7H6N2O/c1-2-5-9(4-1)7-3-6-10-8-7/h1-6H. The number of hydrogen-bond acceptors (Lipinski definition) is 2. The van der Waals surface area contributed by atoms with Crippen LogP contribution in [0.25, 0.3) is 5.82 Å². The molecule has 0 N–H and O–H groups in total. The van der Waals surface area contributed by atoms with E-state index in [0.717, 1.165) is 5.82 Å². The van der Waals surface area contributed by atoms with Crippen molar-refractivity contribution in [1.82, 2.24) is 9.72 Å². The fourth-order valence-corrected chi connectivity index (χ4v) is 0.827. The maximum Gasteiger partial charge on any atom is 0.179 e. The quantitative estimate of drug-likeness (QED) is 0.591. The summed E-state index contributed by atoms with van der Waals surface area (Å²) in [5.41, 5.74) is 0. The summed E-state index contributed by atoms with van der Waals surface area (Å²) in [5, 5.41) is 3.75. The lowest BCUT2D eigenvalue weighted by Crippen LogP contribution is -1.87. The van der Waals surface area contributed by atoms with E-state index in [1.165, 1.54) is 0 Å². The largest absolute Gasteiger partial charge is 0.363 e. The van der Waals surface area contributed by atoms with Gasteiger partial charge in [0.1, 0.15) is 6.26 Å². The average molecular weight is 134 g/mol. The zero-order chi connectivity index (χ0) is 6.81. The highest BCUT2D eigenvalue weighted by molar-refractivity contribution is 5.18. The van der Waals surface area contributed by atoms with Crippen molar-refractivity contribution in [2.75, 3.05) is 0 Å². The molecule has 0 fully saturated rings. The van der Waals surface area contributed by atoms with E-state index in [0.29, 0.717) is 0 Å². The van der Waals surface area contributed by atoms with Crippen LogP contribution < -0.4 is 0 Å². The van der Waals surface area contributed by atoms with Crippen LogP contribution in [-0.2, 0) is 0 Å². The molecular weight excluding hydrogens is 128 g/mol. The lowest BCUT2D eigenvalue weighted by atomic mass is 10.6. The Kier molecular flexibility index (Phi) is 1.07. The predicted molar refractivity (Wildman–Crippen MR) is 35.8 cm³/mol. The molecule has 0 aliphatic heterocycles. The van der Waals surface area contributed by atoms with E-state index < -0.39 is 0 Å². The Morgan fingerprint density at radius 3 is 2.70 bits per heavy atom. The maximum absolute atomic E-state index is 4.67. The van der Waals surface area contributed by atoms with E-state index >= 15 is 0 Å². The Balaban J connectivity index is 2.48. The molecule has 0 aliphatic rings. The first kappa shape index (κ1) is 5.29. The third-order valence-corrected chi connectivity index (χ3v) is 1.29. The molecule has 0 radical (unpaired) electrons. The van der Waals surface area contributed by atoms with Crippen LogP contribution in [0.5, 0.6) is 0 Å². The van der Waals surface area contributed by atoms with Crippen molar-refractivity contribution in [2.24, 2.45) is 0 Å². The Morgan fingerprint density at radius 1 is 1.30 bits per heavy atom. The van der Waals surface area contributed by atoms with Crippen LogP contribution in [0.3, 0.4) is 0 Å². The van der Waals surface area contributed by atoms with Crippen LogP contribution in [0.15, 0.2) is 41.4 Å². The molecule has 0 bridgehead atoms. The molecule has 0 amide bonds. The van der Waals surface area contributed by atoms with Gasteiger partial charge in [0.05, 0.1) is 0 Å². The van der Waals surface area contributed by atoms with E-state index in [1.807, 2.05) is 29.1 Å². The van der Waals surface area contributed by atoms with Gasteiger partial charge in [0.15, 0.2) is 5.82 Å². The fraction of sp³-hybridized carbons (Fsp3) is 0. The molecule has 0 saturated heterocycles. The monoisotopic (exact) mass is 134 g/mol. The van der Waals surface area contributed by atoms with Crippen molar-refractivity contribution in [3.63, 3.8) is 0 Å². The van der Waals surface area contributed by atoms with E-state index in [1.54, 1.807) is 12.3 Å². The summed E-state index contributed by atoms with van der Waals surface area (Å²) < 4.78 is 6.55. The lowest BCUT2D eigenvalue weighted by Gasteiger charge is -1.90. The average Bonchev–Trinajstić information content (AvgIpc) is 2.59. The number of aromatic nitrogens is 2. The zero-order valence-electron chi connectivity index (χ0n) is 5.27. The van der Waals surface area contributed by atoms with Gasteiger partial charge < -0.3 is 9.09 Å². The number of hydrogen-bond donors (Lipinski definition) is 0. The van der Waals surface area contributed by atoms with Crippen molar-refractivity contribution in [3.8, 4) is 5.82 Å². The molecule has 0 unspecified atom stereocenters. The molecule has 2 aromatic heterocycles. The maximum atomic E-state index is 4.67. The Hall–Kier alpha value is -1.51. The van der Waals surface area contributed by atoms with Crippen molar-refractivity contribution in [2.45, 2.75) is 0 Å². The van der Waals surface area contributed by atoms with Gasteiger partial charge >= 0.3 is 0 Å². The Morgan fingerprint density at radius 2 is 2.10 bits per heavy atom. The molecule has 0 spiro atoms. The molecule has 50 valence electrons. The first-order valence-corrected chi connectivity index (χ1v) is 3.00. The van der Waals surface area contributed by atoms with E-state index in [9.17, 15) is 0 Å². The highest BCUT2D eigenvalue weighted by Crippen LogP contribution is 2.02. The summed E-state index contributed by atoms with van der Waals surface area (Å²) in [7, 11) is 0. The second-order valence-corrected chi connectivity index (χ2v) is 1.95. The second-order valence-electron chi connectivity index (χ2n) is 1.95. The highest BCUT2D eigenvalue weighted by Gasteiger charge is 1.94. The lowest BCUT2D eigenvalue weighted by molar-refractivity contribution is 0.417. The van der Waals surface area contributed by atoms with Gasteiger partial charge in [-0.25, -0.2) is 0 Å². The van der Waals surface area contributed by atoms with E-state index in [4.69, 9.17) is 0 Å². The van der Waals surface area contributed by atoms with Crippen molar-refractivity contribution >= 4 is 0 Å². The van der Waals surface area contributed by atoms with Crippen LogP contribution in [-0.4, -0.2) is 9.72 Å². The first-order valence-electron chi connectivity index (χ1n) is 3.00. The minimum absolute atomic E-state index is 0.810. The van der Waals surface area contributed by atoms with Crippen LogP contribution in [0.1, 0.15) is 0 Å². The summed E-state index contributed by atoms with van der Waals surface area (Å²) in [6, 6.07) is 5.68. The Labute approximate surface area is 57.9 Å². The molecule has 3 heteroatoms. The van der Waals surface area contributed by atoms with Gasteiger partial charge in [0.25, 0.3) is 0 Å². The SMILES string of the molecule is c1ccn(-c2ccon2)c1. The molecule has 2 rings (SSSR count). The van der Waals surface area contributed by atoms with Gasteiger partial charge in [0, 0.05) is 18.5 Å². The molecule has 3 nitrogen and oxygen atoms in total. The molecular formula is C7H6N2O. The molecule has 2 heterocycles. The van der Waals surface area contributed by atoms with E-state index in [2.05, 4.69) is 9.68 Å². The minimum atomic E-state index is 0.810. The summed E-state index contributed by atoms with van der Waals surface area (Å²) in [6.07, 6.45) is 5.38. The summed E-state index contributed by atoms with van der Waals surface area (Å²) in [4.78, 5) is 0. The number of rotatable bonds is 1. The van der Waals surface area contributed by atoms with Gasteiger partial charge in [0.2, 0.25) is 0 Å². The predicted octanol–water partition coefficient (Wildman–Crippen LogP) is 1.47. The molecule has 2 aromatic rings. The molecule has 0 aromatic carbocycles. The Bertz CT molecular complexity index is 251. The summed E-state index contributed by atoms with van der Waals surface area (Å²) in [5.74, 6) is 0.810. The van der Waals surface area contributed by atoms with Gasteiger partial charge in [-0.15, -0.1) is 0 Å². The fourth-order valence-electron chi connectivity index (χ4n) is 0.827. The van der Waals surface area contributed by atoms with Gasteiger partial charge in [-0.2, -0.15) is 0 Å². The van der Waals surface area contributed by atoms with Crippen LogP contribution in [0.4, 0.5) is 0 Å². The van der Waals surface area contributed by atoms with Crippen LogP contribution in [0, 0.1) is 0 Å². The van der Waals surface area contributed by atoms with E-state index in [-0.39, 0.29) is 0 Å². The van der Waals surface area contributed by atoms with Crippen molar-refractivity contribution in [3.05, 3.63) is 36.9 Å². The highest BCUT2D eigenvalue weighted by atomic mass is 16.5. The van der Waals surface area contributed by atoms with Gasteiger partial charge in [-0.1, -0.05) is 5.16 Å². The topological polar surface area (TPSA) is 31.0 Å². The summed E-state index contributed by atoms with van der Waals surface area (Å²) >= 11 is 0. The van der Waals surface area contributed by atoms with Crippen LogP contribution >= 0.6 is 0 Å². The molecule has 0 aliphatic carbocycles. The van der Waals surface area contributed by atoms with Gasteiger partial charge in [-0.05, 0) is 12.1 Å². The summed E-state index contributed by atoms with van der Waals surface area (Å²) in [6.45, 7) is 0. The molecule has 0 atom stereocenters. The molecule has 0 saturated carbocycles. The smallest absolute Gasteiger partial charge is 0.179 e. The number of nitrogens with zero attached hydrogens (tertiary/aromatic N) is 2. The second kappa shape index (κ2) is 2.02. The minimum Gasteiger partial charge on any atom is -0.363 e. The van der Waals surface area contributed by atoms with Crippen molar-refractivity contribution < 1.29 is 4.52 Å². The van der Waals surface area contributed by atoms with Crippen molar-refractivity contribution in [1.29, 1.82) is 0 Å². The third-order valence-electron chi connectivity index (χ3n) is 1.29. The van der Waals surface area contributed by atoms with Gasteiger partial charge in [-0.3, -0.25) is 0 Å².